The molecule has 180 valence electrons. The fraction of sp³-hybridized carbons (Fsp3) is 0.654. The smallest absolute Gasteiger partial charge is 0.312 e. The van der Waals surface area contributed by atoms with Crippen molar-refractivity contribution in [2.75, 3.05) is 6.61 Å². The lowest BCUT2D eigenvalue weighted by atomic mass is 9.70. The van der Waals surface area contributed by atoms with Crippen molar-refractivity contribution in [2.45, 2.75) is 80.4 Å². The fourth-order valence-corrected chi connectivity index (χ4v) is 3.40. The Kier molecular flexibility index (Phi) is 9.93. The normalized spacial score (nSPS) is 14.1. The molecule has 0 bridgehead atoms. The third-order valence-corrected chi connectivity index (χ3v) is 6.08. The van der Waals surface area contributed by atoms with Gasteiger partial charge in [0.25, 0.3) is 0 Å². The maximum atomic E-state index is 13.0. The second-order valence-electron chi connectivity index (χ2n) is 10.4. The monoisotopic (exact) mass is 447 g/mol. The Balaban J connectivity index is 2.92. The van der Waals surface area contributed by atoms with Gasteiger partial charge in [-0.1, -0.05) is 65.0 Å². The van der Waals surface area contributed by atoms with Gasteiger partial charge in [0.15, 0.2) is 0 Å². The Hall–Kier alpha value is -2.37. The number of carbonyl (C=O) groups is 3. The van der Waals surface area contributed by atoms with Crippen LogP contribution >= 0.6 is 0 Å². The highest BCUT2D eigenvalue weighted by Crippen LogP contribution is 2.37. The molecule has 0 radical (unpaired) electrons. The van der Waals surface area contributed by atoms with E-state index in [1.807, 2.05) is 65.0 Å². The van der Waals surface area contributed by atoms with Gasteiger partial charge in [-0.3, -0.25) is 14.4 Å². The Labute approximate surface area is 193 Å². The number of ether oxygens (including phenoxy) is 2. The molecule has 6 nitrogen and oxygen atoms in total. The van der Waals surface area contributed by atoms with E-state index in [1.165, 1.54) is 0 Å². The van der Waals surface area contributed by atoms with Crippen LogP contribution in [0.2, 0.25) is 0 Å². The molecule has 2 atom stereocenters. The zero-order valence-corrected chi connectivity index (χ0v) is 21.2. The molecule has 0 aliphatic rings. The SMILES string of the molecule is CC(C)C(C)(C(=O)OC[C@@H](NC(=O)[C@@H](C)CC(=O)OC(C)(C)C)c1ccccc1)C(C)C. The average Bonchev–Trinajstić information content (AvgIpc) is 2.68. The van der Waals surface area contributed by atoms with Gasteiger partial charge in [0.2, 0.25) is 5.91 Å². The molecule has 0 heterocycles. The van der Waals surface area contributed by atoms with Crippen LogP contribution in [-0.4, -0.2) is 30.1 Å². The molecule has 1 aromatic rings. The van der Waals surface area contributed by atoms with Gasteiger partial charge < -0.3 is 14.8 Å². The summed E-state index contributed by atoms with van der Waals surface area (Å²) in [6.45, 7) is 17.0. The summed E-state index contributed by atoms with van der Waals surface area (Å²) in [6.07, 6.45) is -0.0246. The van der Waals surface area contributed by atoms with Crippen molar-refractivity contribution < 1.29 is 23.9 Å². The van der Waals surface area contributed by atoms with E-state index in [4.69, 9.17) is 9.47 Å². The average molecular weight is 448 g/mol. The number of benzene rings is 1. The van der Waals surface area contributed by atoms with Crippen LogP contribution in [0.25, 0.3) is 0 Å². The van der Waals surface area contributed by atoms with Gasteiger partial charge in [0.05, 0.1) is 17.9 Å². The van der Waals surface area contributed by atoms with E-state index in [0.29, 0.717) is 0 Å². The first-order valence-corrected chi connectivity index (χ1v) is 11.4. The third-order valence-electron chi connectivity index (χ3n) is 6.08. The molecule has 0 aliphatic carbocycles. The molecular weight excluding hydrogens is 406 g/mol. The summed E-state index contributed by atoms with van der Waals surface area (Å²) in [5.41, 5.74) is -0.406. The van der Waals surface area contributed by atoms with Crippen LogP contribution < -0.4 is 5.32 Å². The molecule has 1 N–H and O–H groups in total. The van der Waals surface area contributed by atoms with Crippen molar-refractivity contribution >= 4 is 17.8 Å². The molecule has 6 heteroatoms. The lowest BCUT2D eigenvalue weighted by molar-refractivity contribution is -0.162. The molecule has 0 aliphatic heterocycles. The Bertz CT molecular complexity index is 756. The maximum Gasteiger partial charge on any atom is 0.312 e. The minimum atomic E-state index is -0.630. The van der Waals surface area contributed by atoms with E-state index in [-0.39, 0.29) is 36.7 Å². The molecule has 0 spiro atoms. The molecule has 0 saturated heterocycles. The quantitative estimate of drug-likeness (QED) is 0.506. The maximum absolute atomic E-state index is 13.0. The van der Waals surface area contributed by atoms with E-state index in [9.17, 15) is 14.4 Å². The molecule has 0 fully saturated rings. The first-order valence-electron chi connectivity index (χ1n) is 11.4. The summed E-state index contributed by atoms with van der Waals surface area (Å²) in [7, 11) is 0. The van der Waals surface area contributed by atoms with Crippen LogP contribution in [0.5, 0.6) is 0 Å². The fourth-order valence-electron chi connectivity index (χ4n) is 3.40. The summed E-state index contributed by atoms with van der Waals surface area (Å²) >= 11 is 0. The Morgan fingerprint density at radius 3 is 1.91 bits per heavy atom. The highest BCUT2D eigenvalue weighted by atomic mass is 16.6. The third kappa shape index (κ3) is 7.95. The first kappa shape index (κ1) is 27.7. The highest BCUT2D eigenvalue weighted by molar-refractivity contribution is 5.84. The number of rotatable bonds is 10. The number of hydrogen-bond donors (Lipinski definition) is 1. The number of carbonyl (C=O) groups excluding carboxylic acids is 3. The first-order chi connectivity index (χ1) is 14.7. The minimum Gasteiger partial charge on any atom is -0.463 e. The van der Waals surface area contributed by atoms with Crippen LogP contribution in [-0.2, 0) is 23.9 Å². The lowest BCUT2D eigenvalue weighted by Crippen LogP contribution is -2.42. The predicted octanol–water partition coefficient (Wildman–Crippen LogP) is 5.07. The molecule has 32 heavy (non-hydrogen) atoms. The van der Waals surface area contributed by atoms with Gasteiger partial charge in [0, 0.05) is 5.92 Å². The topological polar surface area (TPSA) is 81.7 Å². The van der Waals surface area contributed by atoms with Gasteiger partial charge in [-0.25, -0.2) is 0 Å². The molecule has 1 amide bonds. The molecule has 1 rings (SSSR count). The zero-order chi connectivity index (χ0) is 24.7. The number of amides is 1. The van der Waals surface area contributed by atoms with Gasteiger partial charge in [-0.05, 0) is 45.1 Å². The van der Waals surface area contributed by atoms with Crippen LogP contribution in [0.3, 0.4) is 0 Å². The number of nitrogens with one attached hydrogen (secondary N) is 1. The molecule has 0 aromatic heterocycles. The van der Waals surface area contributed by atoms with Crippen LogP contribution in [0.4, 0.5) is 0 Å². The zero-order valence-electron chi connectivity index (χ0n) is 21.2. The predicted molar refractivity (Wildman–Crippen MR) is 126 cm³/mol. The van der Waals surface area contributed by atoms with Crippen molar-refractivity contribution in [3.8, 4) is 0 Å². The van der Waals surface area contributed by atoms with Crippen molar-refractivity contribution in [3.63, 3.8) is 0 Å². The van der Waals surface area contributed by atoms with Gasteiger partial charge in [0.1, 0.15) is 12.2 Å². The summed E-state index contributed by atoms with van der Waals surface area (Å²) in [4.78, 5) is 37.9. The Morgan fingerprint density at radius 1 is 0.906 bits per heavy atom. The van der Waals surface area contributed by atoms with Gasteiger partial charge in [-0.2, -0.15) is 0 Å². The van der Waals surface area contributed by atoms with Crippen LogP contribution in [0.15, 0.2) is 30.3 Å². The van der Waals surface area contributed by atoms with E-state index in [1.54, 1.807) is 27.7 Å². The van der Waals surface area contributed by atoms with E-state index >= 15 is 0 Å². The van der Waals surface area contributed by atoms with E-state index < -0.39 is 28.9 Å². The summed E-state index contributed by atoms with van der Waals surface area (Å²) in [6, 6.07) is 8.86. The molecular formula is C26H41NO5. The largest absolute Gasteiger partial charge is 0.463 e. The number of esters is 2. The minimum absolute atomic E-state index is 0.0166. The van der Waals surface area contributed by atoms with Gasteiger partial charge >= 0.3 is 11.9 Å². The van der Waals surface area contributed by atoms with Crippen LogP contribution in [0.1, 0.15) is 80.3 Å². The summed E-state index contributed by atoms with van der Waals surface area (Å²) in [5, 5.41) is 2.94. The molecule has 0 unspecified atom stereocenters. The Morgan fingerprint density at radius 2 is 1.44 bits per heavy atom. The van der Waals surface area contributed by atoms with Crippen molar-refractivity contribution in [1.29, 1.82) is 0 Å². The highest BCUT2D eigenvalue weighted by Gasteiger charge is 2.41. The lowest BCUT2D eigenvalue weighted by Gasteiger charge is -2.35. The second-order valence-corrected chi connectivity index (χ2v) is 10.4. The summed E-state index contributed by atoms with van der Waals surface area (Å²) < 4.78 is 11.0. The van der Waals surface area contributed by atoms with Crippen molar-refractivity contribution in [1.82, 2.24) is 5.32 Å². The second kappa shape index (κ2) is 11.5. The van der Waals surface area contributed by atoms with Crippen LogP contribution in [0, 0.1) is 23.2 Å². The van der Waals surface area contributed by atoms with Crippen molar-refractivity contribution in [2.24, 2.45) is 23.2 Å². The van der Waals surface area contributed by atoms with E-state index in [0.717, 1.165) is 5.56 Å². The van der Waals surface area contributed by atoms with E-state index in [2.05, 4.69) is 5.32 Å². The molecule has 1 aromatic carbocycles. The van der Waals surface area contributed by atoms with Crippen molar-refractivity contribution in [3.05, 3.63) is 35.9 Å². The summed E-state index contributed by atoms with van der Waals surface area (Å²) in [5.74, 6) is -1.37. The van der Waals surface area contributed by atoms with Gasteiger partial charge in [-0.15, -0.1) is 0 Å². The number of hydrogen-bond acceptors (Lipinski definition) is 5. The molecule has 0 saturated carbocycles. The standard InChI is InChI=1S/C26H41NO5/c1-17(2)26(9,18(3)4)24(30)31-16-21(20-13-11-10-12-14-20)27-23(29)19(5)15-22(28)32-25(6,7)8/h10-14,17-19,21H,15-16H2,1-9H3,(H,27,29)/t19-,21+/m0/s1.